The summed E-state index contributed by atoms with van der Waals surface area (Å²) in [5, 5.41) is 29.9. The van der Waals surface area contributed by atoms with E-state index < -0.39 is 11.8 Å². The molecule has 0 spiro atoms. The van der Waals surface area contributed by atoms with Crippen molar-refractivity contribution in [2.75, 3.05) is 13.7 Å². The zero-order chi connectivity index (χ0) is 25.1. The largest absolute Gasteiger partial charge is 0.508 e. The van der Waals surface area contributed by atoms with Gasteiger partial charge in [-0.15, -0.1) is 0 Å². The number of esters is 1. The average Bonchev–Trinajstić information content (AvgIpc) is 2.83. The number of phenolic OH excluding ortho intramolecular Hbond substituents is 2. The van der Waals surface area contributed by atoms with E-state index in [1.54, 1.807) is 13.0 Å². The normalized spacial score (nSPS) is 11.9. The molecule has 0 aliphatic rings. The maximum absolute atomic E-state index is 12.9. The second-order valence-electron chi connectivity index (χ2n) is 7.07. The topological polar surface area (TPSA) is 130 Å². The minimum absolute atomic E-state index is 0.0133. The zero-order valence-corrected chi connectivity index (χ0v) is 18.9. The van der Waals surface area contributed by atoms with Gasteiger partial charge in [0.05, 0.1) is 19.3 Å². The molecule has 0 saturated heterocycles. The van der Waals surface area contributed by atoms with Gasteiger partial charge in [-0.25, -0.2) is 0 Å². The molecule has 0 aliphatic carbocycles. The monoisotopic (exact) mass is 466 g/mol. The molecule has 0 aromatic heterocycles. The van der Waals surface area contributed by atoms with Gasteiger partial charge >= 0.3 is 5.97 Å². The third-order valence-electron chi connectivity index (χ3n) is 4.73. The second kappa shape index (κ2) is 12.6. The van der Waals surface area contributed by atoms with Crippen LogP contribution in [0, 0.1) is 0 Å². The Balaban J connectivity index is 2.33. The van der Waals surface area contributed by atoms with Crippen LogP contribution >= 0.6 is 0 Å². The molecule has 0 bridgehead atoms. The Hall–Kier alpha value is -4.33. The number of phenols is 2. The van der Waals surface area contributed by atoms with Crippen molar-refractivity contribution in [3.8, 4) is 17.2 Å². The van der Waals surface area contributed by atoms with Crippen molar-refractivity contribution >= 4 is 30.2 Å². The Morgan fingerprint density at radius 1 is 0.941 bits per heavy atom. The van der Waals surface area contributed by atoms with Crippen LogP contribution in [0.15, 0.2) is 59.9 Å². The van der Waals surface area contributed by atoms with Crippen LogP contribution in [0.4, 0.5) is 0 Å². The fourth-order valence-electron chi connectivity index (χ4n) is 2.95. The van der Waals surface area contributed by atoms with Gasteiger partial charge in [0.15, 0.2) is 23.6 Å². The third kappa shape index (κ3) is 7.37. The number of aromatic hydroxyl groups is 2. The van der Waals surface area contributed by atoms with Crippen LogP contribution in [0.3, 0.4) is 0 Å². The number of carbonyl (C=O) groups is 3. The highest BCUT2D eigenvalue weighted by Gasteiger charge is 2.15. The first-order chi connectivity index (χ1) is 16.3. The Labute approximate surface area is 197 Å². The lowest BCUT2D eigenvalue weighted by atomic mass is 10.0. The van der Waals surface area contributed by atoms with Crippen LogP contribution in [0.5, 0.6) is 17.2 Å². The number of aldehydes is 1. The number of benzene rings is 2. The number of carbonyl (C=O) groups excluding carboxylic acids is 3. The molecule has 0 amide bonds. The van der Waals surface area contributed by atoms with Crippen LogP contribution in [0.1, 0.15) is 41.3 Å². The van der Waals surface area contributed by atoms with Gasteiger partial charge in [-0.1, -0.05) is 24.3 Å². The SMILES string of the molecule is CCOC(=O)CC/C(C(=O)/C=C/c1ccc(O)c(OC)c1)=C(O)\C=C\c1ccc(O)c(C=O)c1. The van der Waals surface area contributed by atoms with Crippen LogP contribution < -0.4 is 4.74 Å². The summed E-state index contributed by atoms with van der Waals surface area (Å²) in [6, 6.07) is 8.83. The van der Waals surface area contributed by atoms with Gasteiger partial charge in [-0.3, -0.25) is 14.4 Å². The second-order valence-corrected chi connectivity index (χ2v) is 7.07. The minimum atomic E-state index is -0.530. The van der Waals surface area contributed by atoms with E-state index in [0.29, 0.717) is 17.4 Å². The summed E-state index contributed by atoms with van der Waals surface area (Å²) in [5.74, 6) is -1.38. The Morgan fingerprint density at radius 2 is 1.59 bits per heavy atom. The molecule has 0 radical (unpaired) electrons. The van der Waals surface area contributed by atoms with Crippen molar-refractivity contribution in [2.24, 2.45) is 0 Å². The van der Waals surface area contributed by atoms with Gasteiger partial charge in [-0.2, -0.15) is 0 Å². The molecule has 2 aromatic rings. The first-order valence-corrected chi connectivity index (χ1v) is 10.4. The molecule has 3 N–H and O–H groups in total. The van der Waals surface area contributed by atoms with E-state index in [1.165, 1.54) is 61.7 Å². The zero-order valence-electron chi connectivity index (χ0n) is 18.9. The molecule has 8 nitrogen and oxygen atoms in total. The highest BCUT2D eigenvalue weighted by molar-refractivity contribution is 6.07. The number of aliphatic hydroxyl groups excluding tert-OH is 1. The van der Waals surface area contributed by atoms with Crippen molar-refractivity contribution in [3.63, 3.8) is 0 Å². The summed E-state index contributed by atoms with van der Waals surface area (Å²) in [4.78, 5) is 35.6. The fraction of sp³-hybridized carbons (Fsp3) is 0.192. The summed E-state index contributed by atoms with van der Waals surface area (Å²) >= 11 is 0. The van der Waals surface area contributed by atoms with Crippen LogP contribution in [-0.4, -0.2) is 47.1 Å². The molecule has 0 saturated carbocycles. The van der Waals surface area contributed by atoms with E-state index in [-0.39, 0.29) is 53.6 Å². The molecular formula is C26H26O8. The molecule has 178 valence electrons. The number of ether oxygens (including phenoxy) is 2. The van der Waals surface area contributed by atoms with Crippen LogP contribution in [-0.2, 0) is 14.3 Å². The quantitative estimate of drug-likeness (QED) is 0.146. The highest BCUT2D eigenvalue weighted by Crippen LogP contribution is 2.27. The highest BCUT2D eigenvalue weighted by atomic mass is 16.5. The summed E-state index contributed by atoms with van der Waals surface area (Å²) in [6.45, 7) is 1.86. The lowest BCUT2D eigenvalue weighted by Crippen LogP contribution is -2.08. The summed E-state index contributed by atoms with van der Waals surface area (Å²) in [5.41, 5.74) is 1.15. The number of hydrogen-bond donors (Lipinski definition) is 3. The molecule has 0 aliphatic heterocycles. The minimum Gasteiger partial charge on any atom is -0.508 e. The van der Waals surface area contributed by atoms with Crippen LogP contribution in [0.25, 0.3) is 12.2 Å². The lowest BCUT2D eigenvalue weighted by Gasteiger charge is -2.07. The van der Waals surface area contributed by atoms with E-state index in [9.17, 15) is 29.7 Å². The molecule has 34 heavy (non-hydrogen) atoms. The van der Waals surface area contributed by atoms with Gasteiger partial charge in [0.2, 0.25) is 0 Å². The molecular weight excluding hydrogens is 440 g/mol. The standard InChI is InChI=1S/C26H26O8/c1-3-34-26(32)13-8-20(22(29)10-5-17-4-9-21(28)19(14-17)16-27)23(30)11-6-18-7-12-24(31)25(15-18)33-2/h4-7,9-12,14-16,28-29,31H,3,8,13H2,1-2H3/b10-5+,11-6+,22-20-. The number of rotatable bonds is 11. The van der Waals surface area contributed by atoms with Gasteiger partial charge in [0.1, 0.15) is 11.5 Å². The fourth-order valence-corrected chi connectivity index (χ4v) is 2.95. The molecule has 2 aromatic carbocycles. The van der Waals surface area contributed by atoms with E-state index in [2.05, 4.69) is 0 Å². The van der Waals surface area contributed by atoms with Gasteiger partial charge in [0, 0.05) is 12.0 Å². The summed E-state index contributed by atoms with van der Waals surface area (Å²) < 4.78 is 9.95. The van der Waals surface area contributed by atoms with Gasteiger partial charge < -0.3 is 24.8 Å². The molecule has 0 atom stereocenters. The maximum Gasteiger partial charge on any atom is 0.306 e. The first kappa shape index (κ1) is 25.9. The van der Waals surface area contributed by atoms with Gasteiger partial charge in [-0.05, 0) is 60.9 Å². The molecule has 2 rings (SSSR count). The number of methoxy groups -OCH3 is 1. The molecule has 0 unspecified atom stereocenters. The predicted molar refractivity (Wildman–Crippen MR) is 127 cm³/mol. The summed E-state index contributed by atoms with van der Waals surface area (Å²) in [7, 11) is 1.40. The van der Waals surface area contributed by atoms with Crippen molar-refractivity contribution in [1.82, 2.24) is 0 Å². The Morgan fingerprint density at radius 3 is 2.24 bits per heavy atom. The first-order valence-electron chi connectivity index (χ1n) is 10.4. The van der Waals surface area contributed by atoms with E-state index in [1.807, 2.05) is 0 Å². The van der Waals surface area contributed by atoms with E-state index >= 15 is 0 Å². The predicted octanol–water partition coefficient (Wildman–Crippen LogP) is 4.37. The van der Waals surface area contributed by atoms with Crippen molar-refractivity contribution in [3.05, 3.63) is 76.6 Å². The third-order valence-corrected chi connectivity index (χ3v) is 4.73. The Bertz CT molecular complexity index is 1140. The number of aliphatic hydroxyl groups is 1. The molecule has 0 heterocycles. The number of hydrogen-bond acceptors (Lipinski definition) is 8. The van der Waals surface area contributed by atoms with Crippen molar-refractivity contribution < 1.29 is 39.2 Å². The van der Waals surface area contributed by atoms with Crippen LogP contribution in [0.2, 0.25) is 0 Å². The van der Waals surface area contributed by atoms with E-state index in [4.69, 9.17) is 9.47 Å². The van der Waals surface area contributed by atoms with Gasteiger partial charge in [0.25, 0.3) is 0 Å². The van der Waals surface area contributed by atoms with Crippen molar-refractivity contribution in [2.45, 2.75) is 19.8 Å². The molecule has 0 fully saturated rings. The number of ketones is 1. The average molecular weight is 466 g/mol. The number of allylic oxidation sites excluding steroid dienone is 3. The smallest absolute Gasteiger partial charge is 0.306 e. The Kier molecular flexibility index (Phi) is 9.64. The molecule has 8 heteroatoms. The lowest BCUT2D eigenvalue weighted by molar-refractivity contribution is -0.143. The van der Waals surface area contributed by atoms with Crippen molar-refractivity contribution in [1.29, 1.82) is 0 Å². The maximum atomic E-state index is 12.9. The van der Waals surface area contributed by atoms with E-state index in [0.717, 1.165) is 0 Å². The summed E-state index contributed by atoms with van der Waals surface area (Å²) in [6.07, 6.45) is 5.79.